The van der Waals surface area contributed by atoms with Crippen molar-refractivity contribution in [1.29, 1.82) is 0 Å². The van der Waals surface area contributed by atoms with Crippen LogP contribution in [0, 0.1) is 0 Å². The second-order valence-electron chi connectivity index (χ2n) is 4.34. The van der Waals surface area contributed by atoms with Gasteiger partial charge in [0.25, 0.3) is 5.56 Å². The lowest BCUT2D eigenvalue weighted by molar-refractivity contribution is 0.0695. The number of anilines is 1. The van der Waals surface area contributed by atoms with Gasteiger partial charge in [0.2, 0.25) is 0 Å². The third kappa shape index (κ3) is 2.49. The smallest absolute Gasteiger partial charge is 0.342 e. The first-order chi connectivity index (χ1) is 10.4. The summed E-state index contributed by atoms with van der Waals surface area (Å²) in [5.41, 5.74) is 3.32. The summed E-state index contributed by atoms with van der Waals surface area (Å²) < 4.78 is 5.03. The molecular weight excluding hydrogens is 292 g/mol. The molecule has 0 bridgehead atoms. The number of carboxylic acids is 2. The molecule has 0 saturated carbocycles. The number of benzene rings is 1. The van der Waals surface area contributed by atoms with E-state index in [-0.39, 0.29) is 11.1 Å². The fraction of sp³-hybridized carbons (Fsp3) is 0.0714. The van der Waals surface area contributed by atoms with Crippen LogP contribution in [0.3, 0.4) is 0 Å². The van der Waals surface area contributed by atoms with Gasteiger partial charge in [-0.25, -0.2) is 9.59 Å². The van der Waals surface area contributed by atoms with Gasteiger partial charge in [-0.05, 0) is 17.7 Å². The molecule has 0 spiro atoms. The predicted molar refractivity (Wildman–Crippen MR) is 77.4 cm³/mol. The summed E-state index contributed by atoms with van der Waals surface area (Å²) in [5.74, 6) is -3.04. The van der Waals surface area contributed by atoms with E-state index in [1.807, 2.05) is 4.98 Å². The van der Waals surface area contributed by atoms with Crippen molar-refractivity contribution in [2.45, 2.75) is 0 Å². The van der Waals surface area contributed by atoms with Crippen molar-refractivity contribution in [2.75, 3.05) is 12.8 Å². The van der Waals surface area contributed by atoms with E-state index in [4.69, 9.17) is 10.5 Å². The molecular formula is C14H12N2O6. The van der Waals surface area contributed by atoms with Crippen molar-refractivity contribution >= 4 is 17.8 Å². The summed E-state index contributed by atoms with van der Waals surface area (Å²) in [4.78, 5) is 36.7. The van der Waals surface area contributed by atoms with Gasteiger partial charge >= 0.3 is 11.9 Å². The van der Waals surface area contributed by atoms with E-state index in [0.29, 0.717) is 5.75 Å². The second-order valence-corrected chi connectivity index (χ2v) is 4.34. The standard InChI is InChI=1S/C14H12N2O6/c1-22-7-4-2-3-6(5-7)8-9(13(18)19)11(15)16-12(17)10(8)14(20)21/h2-5H,1H3,(H,18,19)(H,20,21)(H3,15,16,17). The number of nitrogens with two attached hydrogens (primary N) is 1. The summed E-state index contributed by atoms with van der Waals surface area (Å²) in [6.45, 7) is 0. The topological polar surface area (TPSA) is 143 Å². The van der Waals surface area contributed by atoms with E-state index < -0.39 is 34.4 Å². The van der Waals surface area contributed by atoms with Crippen LogP contribution in [0.25, 0.3) is 11.1 Å². The van der Waals surface area contributed by atoms with Crippen molar-refractivity contribution in [3.05, 3.63) is 45.7 Å². The number of nitrogen functional groups attached to an aromatic ring is 1. The zero-order valence-electron chi connectivity index (χ0n) is 11.4. The first-order valence-corrected chi connectivity index (χ1v) is 6.03. The van der Waals surface area contributed by atoms with Crippen LogP contribution in [0.15, 0.2) is 29.1 Å². The van der Waals surface area contributed by atoms with Crippen molar-refractivity contribution in [2.24, 2.45) is 0 Å². The highest BCUT2D eigenvalue weighted by atomic mass is 16.5. The number of carbonyl (C=O) groups is 2. The number of hydrogen-bond donors (Lipinski definition) is 4. The Morgan fingerprint density at radius 3 is 2.36 bits per heavy atom. The number of carboxylic acid groups (broad SMARTS) is 2. The number of pyridine rings is 1. The molecule has 2 rings (SSSR count). The minimum absolute atomic E-state index is 0.201. The number of rotatable bonds is 4. The highest BCUT2D eigenvalue weighted by Gasteiger charge is 2.26. The van der Waals surface area contributed by atoms with Crippen LogP contribution in [0.2, 0.25) is 0 Å². The van der Waals surface area contributed by atoms with Gasteiger partial charge < -0.3 is 25.7 Å². The van der Waals surface area contributed by atoms with Crippen molar-refractivity contribution < 1.29 is 24.5 Å². The Morgan fingerprint density at radius 1 is 1.18 bits per heavy atom. The first kappa shape index (κ1) is 15.1. The highest BCUT2D eigenvalue weighted by molar-refractivity contribution is 6.07. The molecule has 0 saturated heterocycles. The second kappa shape index (κ2) is 5.60. The highest BCUT2D eigenvalue weighted by Crippen LogP contribution is 2.31. The average Bonchev–Trinajstić information content (AvgIpc) is 2.45. The molecule has 2 aromatic rings. The number of aromatic carboxylic acids is 2. The van der Waals surface area contributed by atoms with E-state index in [9.17, 15) is 24.6 Å². The van der Waals surface area contributed by atoms with Gasteiger partial charge in [-0.3, -0.25) is 4.79 Å². The fourth-order valence-corrected chi connectivity index (χ4v) is 2.11. The SMILES string of the molecule is COc1cccc(-c2c(C(=O)O)c(N)[nH]c(=O)c2C(=O)O)c1. The lowest BCUT2D eigenvalue weighted by Gasteiger charge is -2.12. The summed E-state index contributed by atoms with van der Waals surface area (Å²) in [6, 6.07) is 6.03. The van der Waals surface area contributed by atoms with Gasteiger partial charge in [0, 0.05) is 5.56 Å². The molecule has 114 valence electrons. The maximum absolute atomic E-state index is 11.9. The largest absolute Gasteiger partial charge is 0.497 e. The first-order valence-electron chi connectivity index (χ1n) is 6.03. The van der Waals surface area contributed by atoms with Gasteiger partial charge in [0.05, 0.1) is 7.11 Å². The molecule has 0 aliphatic carbocycles. The molecule has 1 aromatic carbocycles. The zero-order chi connectivity index (χ0) is 16.4. The van der Waals surface area contributed by atoms with E-state index in [1.165, 1.54) is 19.2 Å². The molecule has 0 aliphatic rings. The number of ether oxygens (including phenoxy) is 1. The molecule has 0 aliphatic heterocycles. The van der Waals surface area contributed by atoms with Crippen LogP contribution in [0.5, 0.6) is 5.75 Å². The van der Waals surface area contributed by atoms with Crippen LogP contribution < -0.4 is 16.0 Å². The number of nitrogens with one attached hydrogen (secondary N) is 1. The molecule has 22 heavy (non-hydrogen) atoms. The number of hydrogen-bond acceptors (Lipinski definition) is 5. The normalized spacial score (nSPS) is 10.2. The molecule has 1 aromatic heterocycles. The molecule has 0 fully saturated rings. The Hall–Kier alpha value is -3.29. The summed E-state index contributed by atoms with van der Waals surface area (Å²) in [5, 5.41) is 18.6. The fourth-order valence-electron chi connectivity index (χ4n) is 2.11. The zero-order valence-corrected chi connectivity index (χ0v) is 11.4. The lowest BCUT2D eigenvalue weighted by atomic mass is 9.95. The molecule has 0 amide bonds. The van der Waals surface area contributed by atoms with E-state index in [0.717, 1.165) is 0 Å². The maximum atomic E-state index is 11.9. The third-order valence-corrected chi connectivity index (χ3v) is 3.03. The minimum atomic E-state index is -1.55. The van der Waals surface area contributed by atoms with Gasteiger partial charge in [-0.15, -0.1) is 0 Å². The van der Waals surface area contributed by atoms with Crippen LogP contribution >= 0.6 is 0 Å². The van der Waals surface area contributed by atoms with E-state index >= 15 is 0 Å². The Balaban J connectivity index is 2.95. The van der Waals surface area contributed by atoms with Crippen LogP contribution in [-0.2, 0) is 0 Å². The van der Waals surface area contributed by atoms with Crippen molar-refractivity contribution in [1.82, 2.24) is 4.98 Å². The Morgan fingerprint density at radius 2 is 1.82 bits per heavy atom. The number of aromatic nitrogens is 1. The van der Waals surface area contributed by atoms with Crippen LogP contribution in [0.1, 0.15) is 20.7 Å². The molecule has 0 radical (unpaired) electrons. The molecule has 0 atom stereocenters. The van der Waals surface area contributed by atoms with Crippen molar-refractivity contribution in [3.63, 3.8) is 0 Å². The van der Waals surface area contributed by atoms with Crippen LogP contribution in [-0.4, -0.2) is 34.2 Å². The van der Waals surface area contributed by atoms with Crippen LogP contribution in [0.4, 0.5) is 5.82 Å². The minimum Gasteiger partial charge on any atom is -0.497 e. The summed E-state index contributed by atoms with van der Waals surface area (Å²) >= 11 is 0. The molecule has 5 N–H and O–H groups in total. The van der Waals surface area contributed by atoms with Crippen molar-refractivity contribution in [3.8, 4) is 16.9 Å². The molecule has 8 nitrogen and oxygen atoms in total. The predicted octanol–water partition coefficient (Wildman–Crippen LogP) is 1.03. The summed E-state index contributed by atoms with van der Waals surface area (Å²) in [7, 11) is 1.40. The molecule has 8 heteroatoms. The Kier molecular flexibility index (Phi) is 3.85. The van der Waals surface area contributed by atoms with Gasteiger partial charge in [-0.1, -0.05) is 12.1 Å². The summed E-state index contributed by atoms with van der Waals surface area (Å²) in [6.07, 6.45) is 0. The third-order valence-electron chi connectivity index (χ3n) is 3.03. The van der Waals surface area contributed by atoms with Gasteiger partial charge in [0.15, 0.2) is 0 Å². The monoisotopic (exact) mass is 304 g/mol. The van der Waals surface area contributed by atoms with E-state index in [2.05, 4.69) is 0 Å². The van der Waals surface area contributed by atoms with Gasteiger partial charge in [-0.2, -0.15) is 0 Å². The number of H-pyrrole nitrogens is 1. The lowest BCUT2D eigenvalue weighted by Crippen LogP contribution is -2.24. The molecule has 1 heterocycles. The molecule has 0 unspecified atom stereocenters. The van der Waals surface area contributed by atoms with E-state index in [1.54, 1.807) is 12.1 Å². The maximum Gasteiger partial charge on any atom is 0.342 e. The Bertz CT molecular complexity index is 825. The number of methoxy groups -OCH3 is 1. The number of aromatic amines is 1. The Labute approximate surface area is 123 Å². The average molecular weight is 304 g/mol. The quantitative estimate of drug-likeness (QED) is 0.660. The van der Waals surface area contributed by atoms with Gasteiger partial charge in [0.1, 0.15) is 22.7 Å².